The van der Waals surface area contributed by atoms with E-state index in [-0.39, 0.29) is 0 Å². The lowest BCUT2D eigenvalue weighted by Crippen LogP contribution is -2.39. The van der Waals surface area contributed by atoms with Gasteiger partial charge in [0.2, 0.25) is 0 Å². The molecule has 0 aromatic carbocycles. The molecule has 0 atom stereocenters. The monoisotopic (exact) mass is 153 g/mol. The van der Waals surface area contributed by atoms with E-state index in [0.717, 1.165) is 4.90 Å². The van der Waals surface area contributed by atoms with Crippen LogP contribution < -0.4 is 0 Å². The number of alkyl halides is 2. The molecule has 0 radical (unpaired) electrons. The molecule has 0 aliphatic rings. The zero-order valence-corrected chi connectivity index (χ0v) is 5.77. The lowest BCUT2D eigenvalue weighted by molar-refractivity contribution is -0.166. The Hall–Kier alpha value is -0.710. The van der Waals surface area contributed by atoms with Crippen LogP contribution in [0.5, 0.6) is 0 Å². The summed E-state index contributed by atoms with van der Waals surface area (Å²) in [5.41, 5.74) is 0. The summed E-state index contributed by atoms with van der Waals surface area (Å²) < 4.78 is 24.3. The largest absolute Gasteiger partial charge is 0.477 e. The van der Waals surface area contributed by atoms with Crippen LogP contribution in [0.15, 0.2) is 0 Å². The molecule has 10 heavy (non-hydrogen) atoms. The summed E-state index contributed by atoms with van der Waals surface area (Å²) >= 11 is 0. The van der Waals surface area contributed by atoms with Crippen molar-refractivity contribution < 1.29 is 18.7 Å². The Bertz CT molecular complexity index is 136. The Balaban J connectivity index is 4.00. The smallest absolute Gasteiger partial charge is 0.375 e. The van der Waals surface area contributed by atoms with Crippen LogP contribution in [0.3, 0.4) is 0 Å². The lowest BCUT2D eigenvalue weighted by atomic mass is 10.3. The average molecular weight is 153 g/mol. The molecule has 0 amide bonds. The summed E-state index contributed by atoms with van der Waals surface area (Å²) in [4.78, 5) is 10.9. The number of hydrogen-bond acceptors (Lipinski definition) is 2. The van der Waals surface area contributed by atoms with Crippen LogP contribution >= 0.6 is 0 Å². The van der Waals surface area contributed by atoms with E-state index in [1.54, 1.807) is 0 Å². The van der Waals surface area contributed by atoms with Gasteiger partial charge in [-0.05, 0) is 14.1 Å². The highest BCUT2D eigenvalue weighted by atomic mass is 19.3. The maximum atomic E-state index is 12.2. The maximum absolute atomic E-state index is 12.2. The van der Waals surface area contributed by atoms with Gasteiger partial charge < -0.3 is 10.0 Å². The van der Waals surface area contributed by atoms with E-state index in [1.807, 2.05) is 0 Å². The van der Waals surface area contributed by atoms with Crippen LogP contribution in [0.25, 0.3) is 0 Å². The normalized spacial score (nSPS) is 12.1. The van der Waals surface area contributed by atoms with Crippen molar-refractivity contribution in [3.05, 3.63) is 0 Å². The maximum Gasteiger partial charge on any atom is 0.375 e. The molecule has 0 aliphatic heterocycles. The number of aliphatic carboxylic acids is 1. The quantitative estimate of drug-likeness (QED) is 0.632. The molecule has 0 saturated carbocycles. The van der Waals surface area contributed by atoms with Gasteiger partial charge in [0.05, 0.1) is 6.54 Å². The topological polar surface area (TPSA) is 40.5 Å². The lowest BCUT2D eigenvalue weighted by Gasteiger charge is -2.15. The van der Waals surface area contributed by atoms with E-state index in [2.05, 4.69) is 0 Å². The Morgan fingerprint density at radius 3 is 2.10 bits per heavy atom. The number of carbonyl (C=O) groups is 1. The summed E-state index contributed by atoms with van der Waals surface area (Å²) in [6, 6.07) is 0. The Morgan fingerprint density at radius 2 is 2.00 bits per heavy atom. The standard InChI is InChI=1S/C5H9F2NO2/c1-8(2)3-5(6,7)4(9)10/h3H2,1-2H3,(H,9,10). The van der Waals surface area contributed by atoms with E-state index in [0.29, 0.717) is 0 Å². The number of halogens is 2. The van der Waals surface area contributed by atoms with Crippen molar-refractivity contribution in [2.75, 3.05) is 20.6 Å². The molecule has 0 unspecified atom stereocenters. The van der Waals surface area contributed by atoms with Gasteiger partial charge in [0.15, 0.2) is 0 Å². The van der Waals surface area contributed by atoms with E-state index in [4.69, 9.17) is 5.11 Å². The van der Waals surface area contributed by atoms with Crippen molar-refractivity contribution in [1.29, 1.82) is 0 Å². The molecule has 0 spiro atoms. The van der Waals surface area contributed by atoms with E-state index >= 15 is 0 Å². The Kier molecular flexibility index (Phi) is 2.71. The first-order valence-electron chi connectivity index (χ1n) is 2.62. The molecule has 0 saturated heterocycles. The fraction of sp³-hybridized carbons (Fsp3) is 0.800. The molecule has 60 valence electrons. The van der Waals surface area contributed by atoms with Crippen LogP contribution in [0.2, 0.25) is 0 Å². The fourth-order valence-electron chi connectivity index (χ4n) is 0.465. The van der Waals surface area contributed by atoms with Gasteiger partial charge >= 0.3 is 11.9 Å². The van der Waals surface area contributed by atoms with Crippen LogP contribution in [0, 0.1) is 0 Å². The first kappa shape index (κ1) is 9.29. The number of carboxylic acids is 1. The minimum Gasteiger partial charge on any atom is -0.477 e. The molecule has 0 heterocycles. The highest BCUT2D eigenvalue weighted by Crippen LogP contribution is 2.13. The molecule has 1 N–H and O–H groups in total. The van der Waals surface area contributed by atoms with Crippen molar-refractivity contribution in [3.8, 4) is 0 Å². The number of carboxylic acid groups (broad SMARTS) is 1. The SMILES string of the molecule is CN(C)CC(F)(F)C(=O)O. The van der Waals surface area contributed by atoms with Crippen LogP contribution in [-0.4, -0.2) is 42.5 Å². The molecule has 0 fully saturated rings. The summed E-state index contributed by atoms with van der Waals surface area (Å²) in [6.45, 7) is -0.762. The first-order chi connectivity index (χ1) is 4.36. The summed E-state index contributed by atoms with van der Waals surface area (Å²) in [5, 5.41) is 7.91. The van der Waals surface area contributed by atoms with Crippen molar-refractivity contribution in [2.24, 2.45) is 0 Å². The number of rotatable bonds is 3. The summed E-state index contributed by atoms with van der Waals surface area (Å²) in [5.74, 6) is -5.72. The van der Waals surface area contributed by atoms with Crippen molar-refractivity contribution in [2.45, 2.75) is 5.92 Å². The van der Waals surface area contributed by atoms with Crippen molar-refractivity contribution in [1.82, 2.24) is 4.90 Å². The summed E-state index contributed by atoms with van der Waals surface area (Å²) in [6.07, 6.45) is 0. The molecule has 5 heteroatoms. The van der Waals surface area contributed by atoms with Crippen molar-refractivity contribution >= 4 is 5.97 Å². The molecule has 0 aliphatic carbocycles. The molecule has 0 aromatic rings. The van der Waals surface area contributed by atoms with Gasteiger partial charge in [-0.3, -0.25) is 0 Å². The van der Waals surface area contributed by atoms with E-state index in [1.165, 1.54) is 14.1 Å². The van der Waals surface area contributed by atoms with Gasteiger partial charge in [-0.15, -0.1) is 0 Å². The second-order valence-electron chi connectivity index (χ2n) is 2.25. The van der Waals surface area contributed by atoms with Gasteiger partial charge in [0.25, 0.3) is 0 Å². The van der Waals surface area contributed by atoms with Crippen LogP contribution in [0.1, 0.15) is 0 Å². The Labute approximate surface area is 57.2 Å². The zero-order chi connectivity index (χ0) is 8.36. The third kappa shape index (κ3) is 2.72. The minimum absolute atomic E-state index is 0.762. The highest BCUT2D eigenvalue weighted by Gasteiger charge is 2.38. The third-order valence-electron chi connectivity index (χ3n) is 0.828. The minimum atomic E-state index is -3.64. The summed E-state index contributed by atoms with van der Waals surface area (Å²) in [7, 11) is 2.77. The number of nitrogens with zero attached hydrogens (tertiary/aromatic N) is 1. The molecule has 3 nitrogen and oxygen atoms in total. The van der Waals surface area contributed by atoms with Gasteiger partial charge in [-0.2, -0.15) is 8.78 Å². The van der Waals surface area contributed by atoms with Gasteiger partial charge in [-0.25, -0.2) is 4.79 Å². The second-order valence-corrected chi connectivity index (χ2v) is 2.25. The number of hydrogen-bond donors (Lipinski definition) is 1. The van der Waals surface area contributed by atoms with Gasteiger partial charge in [0, 0.05) is 0 Å². The highest BCUT2D eigenvalue weighted by molar-refractivity contribution is 5.75. The predicted molar refractivity (Wildman–Crippen MR) is 31.1 cm³/mol. The Morgan fingerprint density at radius 1 is 1.60 bits per heavy atom. The van der Waals surface area contributed by atoms with E-state index in [9.17, 15) is 13.6 Å². The first-order valence-corrected chi connectivity index (χ1v) is 2.62. The van der Waals surface area contributed by atoms with Crippen LogP contribution in [0.4, 0.5) is 8.78 Å². The van der Waals surface area contributed by atoms with Crippen LogP contribution in [-0.2, 0) is 4.79 Å². The van der Waals surface area contributed by atoms with Gasteiger partial charge in [0.1, 0.15) is 0 Å². The van der Waals surface area contributed by atoms with Gasteiger partial charge in [-0.1, -0.05) is 0 Å². The third-order valence-corrected chi connectivity index (χ3v) is 0.828. The fourth-order valence-corrected chi connectivity index (χ4v) is 0.465. The second kappa shape index (κ2) is 2.92. The molecule has 0 bridgehead atoms. The molecule has 0 aromatic heterocycles. The molecular formula is C5H9F2NO2. The van der Waals surface area contributed by atoms with E-state index < -0.39 is 18.4 Å². The molecule has 0 rings (SSSR count). The van der Waals surface area contributed by atoms with Crippen molar-refractivity contribution in [3.63, 3.8) is 0 Å². The predicted octanol–water partition coefficient (Wildman–Crippen LogP) is 0.268. The average Bonchev–Trinajstić information content (AvgIpc) is 1.60. The molecular weight excluding hydrogens is 144 g/mol. The zero-order valence-electron chi connectivity index (χ0n) is 5.77.